The van der Waals surface area contributed by atoms with Gasteiger partial charge in [-0.05, 0) is 36.8 Å². The number of hydrogen-bond donors (Lipinski definition) is 1. The van der Waals surface area contributed by atoms with Gasteiger partial charge in [-0.15, -0.1) is 11.3 Å². The van der Waals surface area contributed by atoms with E-state index in [-0.39, 0.29) is 16.8 Å². The highest BCUT2D eigenvalue weighted by molar-refractivity contribution is 7.99. The van der Waals surface area contributed by atoms with Crippen LogP contribution in [-0.4, -0.2) is 67.3 Å². The van der Waals surface area contributed by atoms with E-state index in [2.05, 4.69) is 41.4 Å². The van der Waals surface area contributed by atoms with Crippen molar-refractivity contribution in [3.63, 3.8) is 0 Å². The van der Waals surface area contributed by atoms with Crippen LogP contribution in [0.15, 0.2) is 40.6 Å². The summed E-state index contributed by atoms with van der Waals surface area (Å²) >= 11 is 2.97. The summed E-state index contributed by atoms with van der Waals surface area (Å²) in [4.78, 5) is 15.8. The minimum atomic E-state index is -3.62. The van der Waals surface area contributed by atoms with Gasteiger partial charge in [0.1, 0.15) is 9.77 Å². The summed E-state index contributed by atoms with van der Waals surface area (Å²) in [6.07, 6.45) is 1.74. The maximum Gasteiger partial charge on any atom is 0.262 e. The second-order valence-electron chi connectivity index (χ2n) is 8.14. The number of likely N-dealkylation sites (tertiary alicyclic amines) is 1. The Morgan fingerprint density at radius 3 is 2.58 bits per heavy atom. The van der Waals surface area contributed by atoms with E-state index in [1.54, 1.807) is 23.2 Å². The molecule has 0 bridgehead atoms. The lowest BCUT2D eigenvalue weighted by atomic mass is 10.0. The molecule has 168 valence electrons. The third-order valence-electron chi connectivity index (χ3n) is 5.83. The molecule has 1 aromatic heterocycles. The zero-order valence-electron chi connectivity index (χ0n) is 17.7. The van der Waals surface area contributed by atoms with Crippen LogP contribution in [0.4, 0.5) is 0 Å². The van der Waals surface area contributed by atoms with Crippen LogP contribution in [0.3, 0.4) is 0 Å². The Bertz CT molecular complexity index is 1010. The van der Waals surface area contributed by atoms with Crippen LogP contribution in [0.1, 0.15) is 33.6 Å². The summed E-state index contributed by atoms with van der Waals surface area (Å²) in [5.41, 5.74) is 2.58. The molecule has 2 aliphatic heterocycles. The van der Waals surface area contributed by atoms with Gasteiger partial charge >= 0.3 is 0 Å². The number of piperidine rings is 1. The van der Waals surface area contributed by atoms with Gasteiger partial charge in [0.25, 0.3) is 5.91 Å². The number of nitrogens with zero attached hydrogens (tertiary/aromatic N) is 2. The quantitative estimate of drug-likeness (QED) is 0.689. The fraction of sp³-hybridized carbons (Fsp3) is 0.500. The van der Waals surface area contributed by atoms with Gasteiger partial charge in [-0.1, -0.05) is 29.8 Å². The van der Waals surface area contributed by atoms with Crippen LogP contribution in [-0.2, 0) is 16.6 Å². The lowest BCUT2D eigenvalue weighted by Crippen LogP contribution is -2.44. The van der Waals surface area contributed by atoms with Gasteiger partial charge < -0.3 is 5.32 Å². The Labute approximate surface area is 193 Å². The lowest BCUT2D eigenvalue weighted by molar-refractivity contribution is 0.0910. The van der Waals surface area contributed by atoms with E-state index in [9.17, 15) is 13.2 Å². The summed E-state index contributed by atoms with van der Waals surface area (Å²) in [7, 11) is -3.62. The van der Waals surface area contributed by atoms with E-state index in [1.165, 1.54) is 26.8 Å². The third kappa shape index (κ3) is 5.51. The summed E-state index contributed by atoms with van der Waals surface area (Å²) in [6.45, 7) is 5.87. The van der Waals surface area contributed by atoms with Crippen molar-refractivity contribution in [2.75, 3.05) is 37.7 Å². The van der Waals surface area contributed by atoms with Crippen LogP contribution in [0.2, 0.25) is 0 Å². The average Bonchev–Trinajstić information content (AvgIpc) is 3.27. The van der Waals surface area contributed by atoms with E-state index in [1.807, 2.05) is 0 Å². The van der Waals surface area contributed by atoms with Gasteiger partial charge in [0.15, 0.2) is 0 Å². The SMILES string of the molecule is Cc1cccc(CN2CCC(NC(=O)c3sccc3S(=O)(=O)N3CCSCC3)CC2)c1. The maximum atomic E-state index is 13.0. The zero-order chi connectivity index (χ0) is 21.8. The molecule has 1 aromatic carbocycles. The van der Waals surface area contributed by atoms with Crippen LogP contribution in [0.25, 0.3) is 0 Å². The summed E-state index contributed by atoms with van der Waals surface area (Å²) in [5.74, 6) is 1.33. The van der Waals surface area contributed by atoms with E-state index < -0.39 is 10.0 Å². The van der Waals surface area contributed by atoms with Crippen molar-refractivity contribution in [3.8, 4) is 0 Å². The molecule has 0 aliphatic carbocycles. The van der Waals surface area contributed by atoms with Crippen molar-refractivity contribution in [2.24, 2.45) is 0 Å². The number of amides is 1. The van der Waals surface area contributed by atoms with Gasteiger partial charge in [0, 0.05) is 50.3 Å². The number of aryl methyl sites for hydroxylation is 1. The van der Waals surface area contributed by atoms with Crippen LogP contribution in [0, 0.1) is 6.92 Å². The van der Waals surface area contributed by atoms with Crippen LogP contribution < -0.4 is 5.32 Å². The molecule has 0 atom stereocenters. The van der Waals surface area contributed by atoms with E-state index in [4.69, 9.17) is 0 Å². The van der Waals surface area contributed by atoms with Crippen molar-refractivity contribution in [1.29, 1.82) is 0 Å². The van der Waals surface area contributed by atoms with Gasteiger partial charge in [0.2, 0.25) is 10.0 Å². The highest BCUT2D eigenvalue weighted by Gasteiger charge is 2.32. The number of rotatable bonds is 6. The van der Waals surface area contributed by atoms with Crippen LogP contribution >= 0.6 is 23.1 Å². The second-order valence-corrected chi connectivity index (χ2v) is 12.2. The average molecular weight is 480 g/mol. The molecule has 0 saturated carbocycles. The molecule has 9 heteroatoms. The van der Waals surface area contributed by atoms with Gasteiger partial charge in [-0.3, -0.25) is 9.69 Å². The maximum absolute atomic E-state index is 13.0. The fourth-order valence-electron chi connectivity index (χ4n) is 4.15. The number of hydrogen-bond acceptors (Lipinski definition) is 6. The first-order valence-corrected chi connectivity index (χ1v) is 14.1. The first-order valence-electron chi connectivity index (χ1n) is 10.7. The molecule has 4 rings (SSSR count). The molecule has 0 spiro atoms. The number of carbonyl (C=O) groups excluding carboxylic acids is 1. The molecule has 2 fully saturated rings. The molecular weight excluding hydrogens is 450 g/mol. The number of carbonyl (C=O) groups is 1. The lowest BCUT2D eigenvalue weighted by Gasteiger charge is -2.32. The third-order valence-corrected chi connectivity index (χ3v) is 9.76. The molecule has 3 heterocycles. The van der Waals surface area contributed by atoms with Gasteiger partial charge in [-0.25, -0.2) is 8.42 Å². The van der Waals surface area contributed by atoms with Crippen molar-refractivity contribution in [3.05, 3.63) is 51.7 Å². The molecule has 31 heavy (non-hydrogen) atoms. The van der Waals surface area contributed by atoms with Crippen molar-refractivity contribution >= 4 is 39.0 Å². The predicted octanol–water partition coefficient (Wildman–Crippen LogP) is 3.19. The zero-order valence-corrected chi connectivity index (χ0v) is 20.2. The molecular formula is C22H29N3O3S3. The molecule has 2 saturated heterocycles. The van der Waals surface area contributed by atoms with E-state index in [0.717, 1.165) is 44.0 Å². The molecule has 1 amide bonds. The summed E-state index contributed by atoms with van der Waals surface area (Å²) < 4.78 is 27.6. The molecule has 6 nitrogen and oxygen atoms in total. The number of sulfonamides is 1. The Balaban J connectivity index is 1.34. The van der Waals surface area contributed by atoms with Crippen molar-refractivity contribution in [1.82, 2.24) is 14.5 Å². The topological polar surface area (TPSA) is 69.7 Å². The number of benzene rings is 1. The summed E-state index contributed by atoms with van der Waals surface area (Å²) in [6, 6.07) is 10.2. The van der Waals surface area contributed by atoms with Crippen molar-refractivity contribution < 1.29 is 13.2 Å². The smallest absolute Gasteiger partial charge is 0.262 e. The first-order chi connectivity index (χ1) is 14.9. The van der Waals surface area contributed by atoms with E-state index in [0.29, 0.717) is 18.0 Å². The summed E-state index contributed by atoms with van der Waals surface area (Å²) in [5, 5.41) is 4.79. The van der Waals surface area contributed by atoms with Gasteiger partial charge in [-0.2, -0.15) is 16.1 Å². The Hall–Kier alpha value is -1.39. The Kier molecular flexibility index (Phi) is 7.38. The van der Waals surface area contributed by atoms with Gasteiger partial charge in [0.05, 0.1) is 0 Å². The monoisotopic (exact) mass is 479 g/mol. The fourth-order valence-corrected chi connectivity index (χ4v) is 8.03. The predicted molar refractivity (Wildman–Crippen MR) is 127 cm³/mol. The molecule has 0 radical (unpaired) electrons. The largest absolute Gasteiger partial charge is 0.348 e. The highest BCUT2D eigenvalue weighted by atomic mass is 32.2. The number of nitrogens with one attached hydrogen (secondary N) is 1. The van der Waals surface area contributed by atoms with Crippen LogP contribution in [0.5, 0.6) is 0 Å². The highest BCUT2D eigenvalue weighted by Crippen LogP contribution is 2.27. The van der Waals surface area contributed by atoms with Crippen molar-refractivity contribution in [2.45, 2.75) is 37.2 Å². The van der Waals surface area contributed by atoms with E-state index >= 15 is 0 Å². The first kappa shape index (κ1) is 22.8. The Morgan fingerprint density at radius 1 is 1.13 bits per heavy atom. The second kappa shape index (κ2) is 10.0. The minimum Gasteiger partial charge on any atom is -0.348 e. The Morgan fingerprint density at radius 2 is 1.87 bits per heavy atom. The minimum absolute atomic E-state index is 0.0744. The molecule has 0 unspecified atom stereocenters. The number of thiophene rings is 1. The molecule has 2 aromatic rings. The number of thioether (sulfide) groups is 1. The normalized spacial score (nSPS) is 19.4. The standard InChI is InChI=1S/C22H29N3O3S3/c1-17-3-2-4-18(15-17)16-24-8-5-19(6-9-24)23-22(26)21-20(7-12-30-21)31(27,28)25-10-13-29-14-11-25/h2-4,7,12,15,19H,5-6,8-11,13-14,16H2,1H3,(H,23,26). The molecule has 1 N–H and O–H groups in total. The molecule has 2 aliphatic rings.